The van der Waals surface area contributed by atoms with Crippen molar-refractivity contribution in [2.24, 2.45) is 12.5 Å². The summed E-state index contributed by atoms with van der Waals surface area (Å²) in [6.07, 6.45) is 4.87. The van der Waals surface area contributed by atoms with E-state index in [9.17, 15) is 4.79 Å². The minimum absolute atomic E-state index is 0.0376. The molecule has 0 unspecified atom stereocenters. The average molecular weight is 436 g/mol. The predicted molar refractivity (Wildman–Crippen MR) is 124 cm³/mol. The number of nitrogens with one attached hydrogen (secondary N) is 1. The number of hydrogen-bond donors (Lipinski definition) is 1. The highest BCUT2D eigenvalue weighted by Crippen LogP contribution is 2.41. The Balaban J connectivity index is 1.53. The molecule has 1 atom stereocenters. The van der Waals surface area contributed by atoms with Gasteiger partial charge in [0.05, 0.1) is 36.4 Å². The van der Waals surface area contributed by atoms with Crippen LogP contribution in [0.15, 0.2) is 30.5 Å². The first-order chi connectivity index (χ1) is 15.2. The van der Waals surface area contributed by atoms with Gasteiger partial charge in [0.2, 0.25) is 5.91 Å². The van der Waals surface area contributed by atoms with Crippen LogP contribution in [0.25, 0.3) is 5.69 Å². The molecule has 3 aromatic rings. The Bertz CT molecular complexity index is 1120. The van der Waals surface area contributed by atoms with Crippen LogP contribution >= 0.6 is 0 Å². The number of nitrogens with zero attached hydrogens (tertiary/aromatic N) is 4. The third-order valence-electron chi connectivity index (χ3n) is 6.59. The summed E-state index contributed by atoms with van der Waals surface area (Å²) in [6.45, 7) is 8.56. The van der Waals surface area contributed by atoms with Crippen molar-refractivity contribution < 1.29 is 9.53 Å². The second-order valence-electron chi connectivity index (χ2n) is 9.59. The summed E-state index contributed by atoms with van der Waals surface area (Å²) in [5.74, 6) is 0.887. The summed E-state index contributed by atoms with van der Waals surface area (Å²) in [4.78, 5) is 12.9. The Labute approximate surface area is 189 Å². The second kappa shape index (κ2) is 8.45. The maximum Gasteiger partial charge on any atom is 0.220 e. The summed E-state index contributed by atoms with van der Waals surface area (Å²) >= 11 is 0. The first-order valence-electron chi connectivity index (χ1n) is 11.2. The summed E-state index contributed by atoms with van der Waals surface area (Å²) in [5, 5.41) is 12.4. The largest absolute Gasteiger partial charge is 0.497 e. The van der Waals surface area contributed by atoms with Crippen LogP contribution in [-0.2, 0) is 24.7 Å². The summed E-state index contributed by atoms with van der Waals surface area (Å²) in [6, 6.07) is 7.88. The number of hydrogen-bond acceptors (Lipinski definition) is 4. The molecular weight excluding hydrogens is 402 g/mol. The third kappa shape index (κ3) is 4.29. The lowest BCUT2D eigenvalue weighted by atomic mass is 9.74. The molecule has 2 heterocycles. The zero-order valence-corrected chi connectivity index (χ0v) is 19.9. The van der Waals surface area contributed by atoms with Crippen molar-refractivity contribution in [3.63, 3.8) is 0 Å². The maximum absolute atomic E-state index is 12.9. The predicted octanol–water partition coefficient (Wildman–Crippen LogP) is 3.99. The molecule has 0 fully saturated rings. The summed E-state index contributed by atoms with van der Waals surface area (Å²) in [5.41, 5.74) is 6.62. The molecular formula is C25H33N5O2. The van der Waals surface area contributed by atoms with E-state index in [1.807, 2.05) is 53.8 Å². The minimum Gasteiger partial charge on any atom is -0.497 e. The zero-order chi connectivity index (χ0) is 23.0. The van der Waals surface area contributed by atoms with E-state index in [2.05, 4.69) is 36.3 Å². The first kappa shape index (κ1) is 22.1. The van der Waals surface area contributed by atoms with Crippen molar-refractivity contribution in [3.8, 4) is 11.4 Å². The fourth-order valence-electron chi connectivity index (χ4n) is 4.80. The molecule has 0 saturated heterocycles. The van der Waals surface area contributed by atoms with Gasteiger partial charge in [-0.05, 0) is 68.4 Å². The number of fused-ring (bicyclic) bond motifs is 1. The van der Waals surface area contributed by atoms with Gasteiger partial charge in [-0.2, -0.15) is 10.2 Å². The van der Waals surface area contributed by atoms with Crippen LogP contribution in [0, 0.1) is 19.3 Å². The van der Waals surface area contributed by atoms with E-state index in [4.69, 9.17) is 4.74 Å². The second-order valence-corrected chi connectivity index (χ2v) is 9.59. The normalized spacial score (nSPS) is 17.1. The molecule has 0 bridgehead atoms. The molecule has 32 heavy (non-hydrogen) atoms. The van der Waals surface area contributed by atoms with E-state index >= 15 is 0 Å². The molecule has 170 valence electrons. The van der Waals surface area contributed by atoms with Crippen LogP contribution < -0.4 is 10.1 Å². The van der Waals surface area contributed by atoms with Crippen molar-refractivity contribution in [2.75, 3.05) is 7.11 Å². The molecule has 1 aliphatic carbocycles. The van der Waals surface area contributed by atoms with E-state index in [1.165, 1.54) is 5.56 Å². The van der Waals surface area contributed by atoms with Crippen molar-refractivity contribution in [3.05, 3.63) is 58.7 Å². The van der Waals surface area contributed by atoms with E-state index in [0.717, 1.165) is 46.9 Å². The Kier molecular flexibility index (Phi) is 5.84. The van der Waals surface area contributed by atoms with E-state index in [0.29, 0.717) is 12.8 Å². The van der Waals surface area contributed by atoms with Gasteiger partial charge < -0.3 is 10.1 Å². The number of aryl methyl sites for hydroxylation is 2. The lowest BCUT2D eigenvalue weighted by molar-refractivity contribution is -0.122. The molecule has 0 spiro atoms. The Morgan fingerprint density at radius 1 is 1.25 bits per heavy atom. The highest BCUT2D eigenvalue weighted by atomic mass is 16.5. The summed E-state index contributed by atoms with van der Waals surface area (Å²) in [7, 11) is 3.61. The maximum atomic E-state index is 12.9. The van der Waals surface area contributed by atoms with Crippen molar-refractivity contribution in [1.82, 2.24) is 24.9 Å². The molecule has 1 amide bonds. The molecule has 7 nitrogen and oxygen atoms in total. The van der Waals surface area contributed by atoms with E-state index in [-0.39, 0.29) is 17.4 Å². The zero-order valence-electron chi connectivity index (χ0n) is 19.9. The monoisotopic (exact) mass is 435 g/mol. The summed E-state index contributed by atoms with van der Waals surface area (Å²) < 4.78 is 9.16. The Morgan fingerprint density at radius 2 is 1.97 bits per heavy atom. The Morgan fingerprint density at radius 3 is 2.59 bits per heavy atom. The fourth-order valence-corrected chi connectivity index (χ4v) is 4.80. The third-order valence-corrected chi connectivity index (χ3v) is 6.59. The molecule has 1 aliphatic rings. The van der Waals surface area contributed by atoms with Gasteiger partial charge in [0, 0.05) is 24.7 Å². The van der Waals surface area contributed by atoms with Crippen LogP contribution in [0.4, 0.5) is 0 Å². The molecule has 1 N–H and O–H groups in total. The van der Waals surface area contributed by atoms with Crippen LogP contribution in [0.3, 0.4) is 0 Å². The van der Waals surface area contributed by atoms with Gasteiger partial charge in [0.25, 0.3) is 0 Å². The standard InChI is InChI=1S/C25H33N5O2/c1-16-20(17(2)29(5)28-16)11-12-24(31)27-22-13-25(3,4)14-23-21(22)15-26-30(23)18-7-9-19(32-6)10-8-18/h7-10,15,22H,11-14H2,1-6H3,(H,27,31)/t22-/m1/s1. The quantitative estimate of drug-likeness (QED) is 0.635. The van der Waals surface area contributed by atoms with Gasteiger partial charge in [-0.1, -0.05) is 13.8 Å². The number of methoxy groups -OCH3 is 1. The van der Waals surface area contributed by atoms with Crippen molar-refractivity contribution in [1.29, 1.82) is 0 Å². The average Bonchev–Trinajstić information content (AvgIpc) is 3.26. The molecule has 2 aromatic heterocycles. The number of benzene rings is 1. The highest BCUT2D eigenvalue weighted by Gasteiger charge is 2.36. The van der Waals surface area contributed by atoms with Gasteiger partial charge in [-0.15, -0.1) is 0 Å². The number of carbonyl (C=O) groups excluding carboxylic acids is 1. The van der Waals surface area contributed by atoms with E-state index < -0.39 is 0 Å². The smallest absolute Gasteiger partial charge is 0.220 e. The van der Waals surface area contributed by atoms with Crippen molar-refractivity contribution in [2.45, 2.75) is 59.4 Å². The number of ether oxygens (including phenoxy) is 1. The van der Waals surface area contributed by atoms with Crippen LogP contribution in [-0.4, -0.2) is 32.6 Å². The van der Waals surface area contributed by atoms with Gasteiger partial charge in [-0.3, -0.25) is 9.48 Å². The number of carbonyl (C=O) groups is 1. The Hall–Kier alpha value is -3.09. The van der Waals surface area contributed by atoms with Gasteiger partial charge in [0.1, 0.15) is 5.75 Å². The highest BCUT2D eigenvalue weighted by molar-refractivity contribution is 5.77. The molecule has 1 aromatic carbocycles. The number of rotatable bonds is 6. The molecule has 0 aliphatic heterocycles. The van der Waals surface area contributed by atoms with Gasteiger partial charge >= 0.3 is 0 Å². The van der Waals surface area contributed by atoms with Crippen LogP contribution in [0.5, 0.6) is 5.75 Å². The first-order valence-corrected chi connectivity index (χ1v) is 11.2. The molecule has 7 heteroatoms. The lowest BCUT2D eigenvalue weighted by Crippen LogP contribution is -2.36. The van der Waals surface area contributed by atoms with Crippen LogP contribution in [0.2, 0.25) is 0 Å². The topological polar surface area (TPSA) is 74.0 Å². The van der Waals surface area contributed by atoms with Gasteiger partial charge in [0.15, 0.2) is 0 Å². The van der Waals surface area contributed by atoms with E-state index in [1.54, 1.807) is 7.11 Å². The van der Waals surface area contributed by atoms with Crippen LogP contribution in [0.1, 0.15) is 60.9 Å². The molecule has 0 saturated carbocycles. The fraction of sp³-hybridized carbons (Fsp3) is 0.480. The van der Waals surface area contributed by atoms with Gasteiger partial charge in [-0.25, -0.2) is 4.68 Å². The SMILES string of the molecule is COc1ccc(-n2ncc3c2CC(C)(C)C[C@H]3NC(=O)CCc2c(C)nn(C)c2C)cc1. The molecule has 4 rings (SSSR count). The minimum atomic E-state index is -0.0376. The molecule has 0 radical (unpaired) electrons. The van der Waals surface area contributed by atoms with Crippen molar-refractivity contribution >= 4 is 5.91 Å². The lowest BCUT2D eigenvalue weighted by Gasteiger charge is -2.36. The number of aromatic nitrogens is 4. The number of amides is 1.